The summed E-state index contributed by atoms with van der Waals surface area (Å²) in [5.41, 5.74) is 12.3. The molecule has 0 saturated carbocycles. The zero-order chi connectivity index (χ0) is 26.4. The second kappa shape index (κ2) is 7.94. The van der Waals surface area contributed by atoms with Gasteiger partial charge in [0.2, 0.25) is 0 Å². The molecule has 1 unspecified atom stereocenters. The summed E-state index contributed by atoms with van der Waals surface area (Å²) in [6, 6.07) is 51.2. The monoisotopic (exact) mass is 526 g/mol. The van der Waals surface area contributed by atoms with E-state index in [0.717, 1.165) is 5.02 Å². The van der Waals surface area contributed by atoms with Crippen LogP contribution in [0.2, 0.25) is 5.02 Å². The van der Waals surface area contributed by atoms with Gasteiger partial charge in [-0.25, -0.2) is 0 Å². The third kappa shape index (κ3) is 2.67. The van der Waals surface area contributed by atoms with E-state index >= 15 is 0 Å². The number of rotatable bonds is 1. The Labute approximate surface area is 238 Å². The molecule has 0 aromatic heterocycles. The Morgan fingerprint density at radius 2 is 1.00 bits per heavy atom. The molecule has 9 rings (SSSR count). The molecule has 2 aliphatic rings. The molecule has 1 spiro atoms. The molecule has 1 heteroatoms. The average Bonchev–Trinajstić information content (AvgIpc) is 3.01. The smallest absolute Gasteiger partial charge is 0.0726 e. The Balaban J connectivity index is 1.55. The maximum Gasteiger partial charge on any atom is 0.0726 e. The first kappa shape index (κ1) is 22.2. The van der Waals surface area contributed by atoms with Crippen LogP contribution in [-0.2, 0) is 5.41 Å². The quantitative estimate of drug-likeness (QED) is 0.199. The summed E-state index contributed by atoms with van der Waals surface area (Å²) in [7, 11) is 0. The van der Waals surface area contributed by atoms with E-state index in [1.807, 2.05) is 6.07 Å². The molecule has 7 aromatic rings. The van der Waals surface area contributed by atoms with E-state index in [1.54, 1.807) is 0 Å². The predicted molar refractivity (Wildman–Crippen MR) is 168 cm³/mol. The van der Waals surface area contributed by atoms with Crippen LogP contribution in [0.5, 0.6) is 0 Å². The lowest BCUT2D eigenvalue weighted by molar-refractivity contribution is 0.754. The zero-order valence-electron chi connectivity index (χ0n) is 21.7. The van der Waals surface area contributed by atoms with Crippen molar-refractivity contribution in [2.45, 2.75) is 5.41 Å². The summed E-state index contributed by atoms with van der Waals surface area (Å²) < 4.78 is 0. The highest BCUT2D eigenvalue weighted by atomic mass is 35.5. The van der Waals surface area contributed by atoms with E-state index in [-0.39, 0.29) is 0 Å². The topological polar surface area (TPSA) is 0 Å². The van der Waals surface area contributed by atoms with Crippen molar-refractivity contribution in [3.8, 4) is 33.4 Å². The zero-order valence-corrected chi connectivity index (χ0v) is 22.4. The standard InChI is InChI=1S/C39H23Cl/c40-26-19-20-29-31-14-6-11-25-12-7-17-34(37(25)31)39(36(29)23-26)33-16-5-4-13-28(33)32-22-21-27(24-9-2-1-3-10-24)30-15-8-18-35(39)38(30)32/h1-23H. The van der Waals surface area contributed by atoms with Crippen LogP contribution in [0.15, 0.2) is 140 Å². The molecule has 0 aliphatic heterocycles. The van der Waals surface area contributed by atoms with Crippen molar-refractivity contribution in [1.82, 2.24) is 0 Å². The van der Waals surface area contributed by atoms with Gasteiger partial charge in [0.1, 0.15) is 0 Å². The van der Waals surface area contributed by atoms with Crippen LogP contribution < -0.4 is 0 Å². The maximum absolute atomic E-state index is 6.84. The van der Waals surface area contributed by atoms with Crippen LogP contribution in [0.4, 0.5) is 0 Å². The van der Waals surface area contributed by atoms with Gasteiger partial charge in [-0.3, -0.25) is 0 Å². The van der Waals surface area contributed by atoms with E-state index in [1.165, 1.54) is 77.2 Å². The van der Waals surface area contributed by atoms with Crippen LogP contribution in [0.1, 0.15) is 22.3 Å². The van der Waals surface area contributed by atoms with Gasteiger partial charge in [-0.1, -0.05) is 139 Å². The molecule has 0 bridgehead atoms. The van der Waals surface area contributed by atoms with Gasteiger partial charge >= 0.3 is 0 Å². The van der Waals surface area contributed by atoms with Crippen LogP contribution in [0, 0.1) is 0 Å². The number of fused-ring (bicyclic) bond motifs is 8. The van der Waals surface area contributed by atoms with Gasteiger partial charge in [-0.15, -0.1) is 0 Å². The second-order valence-corrected chi connectivity index (χ2v) is 11.4. The van der Waals surface area contributed by atoms with Crippen molar-refractivity contribution < 1.29 is 0 Å². The molecule has 7 aromatic carbocycles. The summed E-state index contributed by atoms with van der Waals surface area (Å²) in [6.07, 6.45) is 0. The third-order valence-corrected chi connectivity index (χ3v) is 9.37. The lowest BCUT2D eigenvalue weighted by Gasteiger charge is -2.46. The van der Waals surface area contributed by atoms with Gasteiger partial charge < -0.3 is 0 Å². The van der Waals surface area contributed by atoms with Gasteiger partial charge in [0.15, 0.2) is 0 Å². The fourth-order valence-corrected chi connectivity index (χ4v) is 7.84. The van der Waals surface area contributed by atoms with Gasteiger partial charge in [-0.2, -0.15) is 0 Å². The molecule has 0 heterocycles. The van der Waals surface area contributed by atoms with Crippen LogP contribution in [0.25, 0.3) is 54.9 Å². The molecule has 2 aliphatic carbocycles. The van der Waals surface area contributed by atoms with E-state index in [0.29, 0.717) is 0 Å². The van der Waals surface area contributed by atoms with Crippen LogP contribution in [-0.4, -0.2) is 0 Å². The van der Waals surface area contributed by atoms with E-state index < -0.39 is 5.41 Å². The Morgan fingerprint density at radius 3 is 1.88 bits per heavy atom. The largest absolute Gasteiger partial charge is 0.0843 e. The number of hydrogen-bond donors (Lipinski definition) is 0. The SMILES string of the molecule is Clc1ccc2c(c1)C1(c3ccccc3-c3ccc(-c4ccccc4)c4cccc1c34)c1cccc3cccc-2c13. The van der Waals surface area contributed by atoms with Crippen LogP contribution >= 0.6 is 11.6 Å². The normalized spacial score (nSPS) is 16.2. The number of benzene rings is 7. The summed E-state index contributed by atoms with van der Waals surface area (Å²) in [5.74, 6) is 0. The summed E-state index contributed by atoms with van der Waals surface area (Å²) in [6.45, 7) is 0. The molecule has 40 heavy (non-hydrogen) atoms. The van der Waals surface area contributed by atoms with Crippen molar-refractivity contribution >= 4 is 33.1 Å². The number of hydrogen-bond acceptors (Lipinski definition) is 0. The van der Waals surface area contributed by atoms with Gasteiger partial charge in [-0.05, 0) is 89.3 Å². The Hall–Kier alpha value is -4.65. The Bertz CT molecular complexity index is 2170. The van der Waals surface area contributed by atoms with Crippen molar-refractivity contribution in [1.29, 1.82) is 0 Å². The highest BCUT2D eigenvalue weighted by Gasteiger charge is 2.48. The van der Waals surface area contributed by atoms with Gasteiger partial charge in [0.05, 0.1) is 5.41 Å². The molecule has 0 fully saturated rings. The summed E-state index contributed by atoms with van der Waals surface area (Å²) >= 11 is 6.84. The van der Waals surface area contributed by atoms with Crippen molar-refractivity contribution in [2.75, 3.05) is 0 Å². The molecule has 0 saturated heterocycles. The fraction of sp³-hybridized carbons (Fsp3) is 0.0256. The van der Waals surface area contributed by atoms with Crippen molar-refractivity contribution in [2.24, 2.45) is 0 Å². The summed E-state index contributed by atoms with van der Waals surface area (Å²) in [4.78, 5) is 0. The Morgan fingerprint density at radius 1 is 0.400 bits per heavy atom. The minimum absolute atomic E-state index is 0.507. The maximum atomic E-state index is 6.84. The van der Waals surface area contributed by atoms with Crippen molar-refractivity contribution in [3.63, 3.8) is 0 Å². The molecule has 0 amide bonds. The predicted octanol–water partition coefficient (Wildman–Crippen LogP) is 10.7. The first-order valence-corrected chi connectivity index (χ1v) is 14.2. The lowest BCUT2D eigenvalue weighted by atomic mass is 9.55. The first-order valence-electron chi connectivity index (χ1n) is 13.8. The molecule has 0 nitrogen and oxygen atoms in total. The first-order chi connectivity index (χ1) is 19.8. The minimum Gasteiger partial charge on any atom is -0.0843 e. The highest BCUT2D eigenvalue weighted by molar-refractivity contribution is 6.31. The molecule has 0 N–H and O–H groups in total. The molecular formula is C39H23Cl. The third-order valence-electron chi connectivity index (χ3n) is 9.14. The van der Waals surface area contributed by atoms with E-state index in [4.69, 9.17) is 11.6 Å². The van der Waals surface area contributed by atoms with Crippen molar-refractivity contribution in [3.05, 3.63) is 167 Å². The van der Waals surface area contributed by atoms with Gasteiger partial charge in [0, 0.05) is 5.02 Å². The lowest BCUT2D eigenvalue weighted by Crippen LogP contribution is -2.36. The number of halogens is 1. The van der Waals surface area contributed by atoms with Crippen LogP contribution in [0.3, 0.4) is 0 Å². The summed E-state index contributed by atoms with van der Waals surface area (Å²) in [5, 5.41) is 5.96. The Kier molecular flexibility index (Phi) is 4.41. The van der Waals surface area contributed by atoms with Gasteiger partial charge in [0.25, 0.3) is 0 Å². The molecular weight excluding hydrogens is 504 g/mol. The highest BCUT2D eigenvalue weighted by Crippen LogP contribution is 2.61. The van der Waals surface area contributed by atoms with E-state index in [9.17, 15) is 0 Å². The minimum atomic E-state index is -0.507. The average molecular weight is 527 g/mol. The fourth-order valence-electron chi connectivity index (χ4n) is 7.67. The molecule has 0 radical (unpaired) electrons. The molecule has 1 atom stereocenters. The molecule has 186 valence electrons. The second-order valence-electron chi connectivity index (χ2n) is 10.9. The van der Waals surface area contributed by atoms with E-state index in [2.05, 4.69) is 133 Å².